The van der Waals surface area contributed by atoms with Crippen LogP contribution in [0.4, 0.5) is 17.1 Å². The molecule has 274 valence electrons. The number of hydrogen-bond donors (Lipinski definition) is 0. The van der Waals surface area contributed by atoms with Gasteiger partial charge in [-0.15, -0.1) is 11.3 Å². The number of thiophene rings is 1. The van der Waals surface area contributed by atoms with Gasteiger partial charge < -0.3 is 4.90 Å². The molecule has 0 bridgehead atoms. The third-order valence-corrected chi connectivity index (χ3v) is 15.0. The van der Waals surface area contributed by atoms with Crippen LogP contribution in [0.15, 0.2) is 164 Å². The summed E-state index contributed by atoms with van der Waals surface area (Å²) in [5.74, 6) is 0. The van der Waals surface area contributed by atoms with E-state index in [-0.39, 0.29) is 10.8 Å². The van der Waals surface area contributed by atoms with Crippen molar-refractivity contribution in [3.63, 3.8) is 0 Å². The van der Waals surface area contributed by atoms with Gasteiger partial charge >= 0.3 is 0 Å². The van der Waals surface area contributed by atoms with Crippen LogP contribution >= 0.6 is 11.3 Å². The lowest BCUT2D eigenvalue weighted by atomic mass is 9.68. The Labute approximate surface area is 338 Å². The van der Waals surface area contributed by atoms with Crippen molar-refractivity contribution in [1.82, 2.24) is 0 Å². The number of nitrogens with zero attached hydrogens (tertiary/aromatic N) is 1. The third kappa shape index (κ3) is 4.68. The average Bonchev–Trinajstić information content (AvgIpc) is 3.86. The summed E-state index contributed by atoms with van der Waals surface area (Å²) in [6.45, 7) is 4.77. The number of rotatable bonds is 4. The molecule has 8 aromatic carbocycles. The van der Waals surface area contributed by atoms with E-state index in [2.05, 4.69) is 183 Å². The van der Waals surface area contributed by atoms with Crippen LogP contribution < -0.4 is 4.90 Å². The molecular weight excluding hydrogens is 707 g/mol. The fraction of sp³-hybridized carbons (Fsp3) is 0.164. The van der Waals surface area contributed by atoms with Gasteiger partial charge in [-0.25, -0.2) is 0 Å². The summed E-state index contributed by atoms with van der Waals surface area (Å²) < 4.78 is 2.68. The van der Waals surface area contributed by atoms with E-state index >= 15 is 0 Å². The number of anilines is 3. The van der Waals surface area contributed by atoms with Crippen LogP contribution in [-0.2, 0) is 10.8 Å². The number of fused-ring (bicyclic) bond motifs is 13. The molecule has 9 aromatic rings. The molecule has 0 aliphatic heterocycles. The van der Waals surface area contributed by atoms with E-state index in [1.54, 1.807) is 0 Å². The molecule has 3 aliphatic carbocycles. The molecular formula is C55H43NS. The molecule has 0 amide bonds. The highest BCUT2D eigenvalue weighted by atomic mass is 32.1. The second-order valence-corrected chi connectivity index (χ2v) is 18.2. The van der Waals surface area contributed by atoms with Gasteiger partial charge in [0.15, 0.2) is 0 Å². The third-order valence-electron chi connectivity index (χ3n) is 13.8. The Morgan fingerprint density at radius 3 is 2.00 bits per heavy atom. The Morgan fingerprint density at radius 1 is 0.491 bits per heavy atom. The molecule has 1 fully saturated rings. The lowest BCUT2D eigenvalue weighted by Crippen LogP contribution is -2.28. The van der Waals surface area contributed by atoms with Crippen molar-refractivity contribution in [3.05, 3.63) is 186 Å². The quantitative estimate of drug-likeness (QED) is 0.173. The second-order valence-electron chi connectivity index (χ2n) is 17.1. The van der Waals surface area contributed by atoms with Crippen molar-refractivity contribution in [1.29, 1.82) is 0 Å². The largest absolute Gasteiger partial charge is 0.310 e. The maximum Gasteiger partial charge on any atom is 0.0554 e. The molecule has 1 saturated carbocycles. The fourth-order valence-corrected chi connectivity index (χ4v) is 12.6. The van der Waals surface area contributed by atoms with Crippen LogP contribution in [0.25, 0.3) is 64.3 Å². The van der Waals surface area contributed by atoms with Crippen molar-refractivity contribution < 1.29 is 0 Å². The zero-order chi connectivity index (χ0) is 37.9. The molecule has 12 rings (SSSR count). The summed E-state index contributed by atoms with van der Waals surface area (Å²) in [7, 11) is 0. The van der Waals surface area contributed by atoms with Gasteiger partial charge in [-0.1, -0.05) is 161 Å². The summed E-state index contributed by atoms with van der Waals surface area (Å²) >= 11 is 1.92. The van der Waals surface area contributed by atoms with Gasteiger partial charge in [-0.2, -0.15) is 0 Å². The minimum Gasteiger partial charge on any atom is -0.310 e. The summed E-state index contributed by atoms with van der Waals surface area (Å²) in [5.41, 5.74) is 17.6. The monoisotopic (exact) mass is 749 g/mol. The maximum atomic E-state index is 2.57. The van der Waals surface area contributed by atoms with Gasteiger partial charge in [0.1, 0.15) is 0 Å². The predicted molar refractivity (Wildman–Crippen MR) is 244 cm³/mol. The first-order valence-corrected chi connectivity index (χ1v) is 21.5. The van der Waals surface area contributed by atoms with Crippen LogP contribution in [0.5, 0.6) is 0 Å². The molecule has 3 aliphatic rings. The average molecular weight is 750 g/mol. The van der Waals surface area contributed by atoms with Crippen molar-refractivity contribution in [2.24, 2.45) is 0 Å². The van der Waals surface area contributed by atoms with Crippen molar-refractivity contribution in [2.45, 2.75) is 56.8 Å². The molecule has 0 unspecified atom stereocenters. The van der Waals surface area contributed by atoms with E-state index in [0.29, 0.717) is 0 Å². The van der Waals surface area contributed by atoms with Crippen LogP contribution in [-0.4, -0.2) is 0 Å². The highest BCUT2D eigenvalue weighted by molar-refractivity contribution is 7.26. The summed E-state index contributed by atoms with van der Waals surface area (Å²) in [4.78, 5) is 2.56. The van der Waals surface area contributed by atoms with Crippen molar-refractivity contribution in [3.8, 4) is 33.4 Å². The predicted octanol–water partition coefficient (Wildman–Crippen LogP) is 15.9. The van der Waals surface area contributed by atoms with Crippen LogP contribution in [0.3, 0.4) is 0 Å². The Hall–Kier alpha value is -5.96. The molecule has 0 N–H and O–H groups in total. The lowest BCUT2D eigenvalue weighted by molar-refractivity contribution is 0.353. The highest BCUT2D eigenvalue weighted by Gasteiger charge is 2.44. The van der Waals surface area contributed by atoms with E-state index in [1.807, 2.05) is 11.3 Å². The molecule has 1 spiro atoms. The van der Waals surface area contributed by atoms with Gasteiger partial charge in [-0.3, -0.25) is 0 Å². The van der Waals surface area contributed by atoms with E-state index in [9.17, 15) is 0 Å². The molecule has 0 atom stereocenters. The summed E-state index contributed by atoms with van der Waals surface area (Å²) in [6, 6.07) is 62.3. The zero-order valence-electron chi connectivity index (χ0n) is 32.5. The molecule has 0 saturated heterocycles. The van der Waals surface area contributed by atoms with Gasteiger partial charge in [0.05, 0.1) is 5.69 Å². The minimum atomic E-state index is -0.0792. The lowest BCUT2D eigenvalue weighted by Gasteiger charge is -2.36. The van der Waals surface area contributed by atoms with Gasteiger partial charge in [0.2, 0.25) is 0 Å². The van der Waals surface area contributed by atoms with Crippen molar-refractivity contribution in [2.75, 3.05) is 4.90 Å². The minimum absolute atomic E-state index is 0.0772. The van der Waals surface area contributed by atoms with E-state index in [4.69, 9.17) is 0 Å². The van der Waals surface area contributed by atoms with Gasteiger partial charge in [0, 0.05) is 42.4 Å². The maximum absolute atomic E-state index is 2.57. The fourth-order valence-electron chi connectivity index (χ4n) is 11.3. The SMILES string of the molecule is CC1(C)c2ccccc2-c2cccc(-c3ccc(N(c4ccc5c(c4)C4(CCCCC4)c4ccccc4-5)c4cccc5sc6c7ccccc7ccc6c45)cc3)c21. The molecule has 1 nitrogen and oxygen atoms in total. The Bertz CT molecular complexity index is 3080. The van der Waals surface area contributed by atoms with E-state index < -0.39 is 0 Å². The van der Waals surface area contributed by atoms with E-state index in [1.165, 1.54) is 136 Å². The molecule has 1 heterocycles. The zero-order valence-corrected chi connectivity index (χ0v) is 33.3. The molecule has 0 radical (unpaired) electrons. The van der Waals surface area contributed by atoms with Crippen LogP contribution in [0.2, 0.25) is 0 Å². The molecule has 1 aromatic heterocycles. The first kappa shape index (κ1) is 33.2. The van der Waals surface area contributed by atoms with Crippen LogP contribution in [0.1, 0.15) is 68.2 Å². The molecule has 2 heteroatoms. The van der Waals surface area contributed by atoms with Crippen molar-refractivity contribution >= 4 is 59.3 Å². The number of hydrogen-bond acceptors (Lipinski definition) is 2. The van der Waals surface area contributed by atoms with Gasteiger partial charge in [0.25, 0.3) is 0 Å². The first-order valence-electron chi connectivity index (χ1n) is 20.7. The first-order chi connectivity index (χ1) is 28.0. The highest BCUT2D eigenvalue weighted by Crippen LogP contribution is 2.58. The second kappa shape index (κ2) is 12.3. The van der Waals surface area contributed by atoms with Crippen LogP contribution in [0, 0.1) is 0 Å². The Balaban J connectivity index is 1.07. The standard InChI is InChI=1S/C55H43NS/c1-54(2)46-20-8-6-17-42(46)44-19-12-18-39(52(44)54)36-24-27-37(28-25-36)56(49-22-13-23-50-51(49)45-30-26-35-14-4-5-15-40(35)53(45)57-50)38-29-31-43-41-16-7-9-21-47(41)55(48(43)34-38)32-10-3-11-33-55/h4-9,12-31,34H,3,10-11,32-33H2,1-2H3. The Kier molecular flexibility index (Phi) is 7.15. The van der Waals surface area contributed by atoms with E-state index in [0.717, 1.165) is 0 Å². The summed E-state index contributed by atoms with van der Waals surface area (Å²) in [5, 5.41) is 5.27. The topological polar surface area (TPSA) is 3.24 Å². The number of benzene rings is 8. The Morgan fingerprint density at radius 2 is 1.16 bits per heavy atom. The normalized spacial score (nSPS) is 15.8. The summed E-state index contributed by atoms with van der Waals surface area (Å²) in [6.07, 6.45) is 6.32. The molecule has 57 heavy (non-hydrogen) atoms. The van der Waals surface area contributed by atoms with Gasteiger partial charge in [-0.05, 0) is 116 Å². The smallest absolute Gasteiger partial charge is 0.0554 e.